The molecule has 0 radical (unpaired) electrons. The van der Waals surface area contributed by atoms with Crippen molar-refractivity contribution in [2.45, 2.75) is 0 Å². The molecule has 0 spiro atoms. The van der Waals surface area contributed by atoms with E-state index >= 15 is 0 Å². The molecule has 0 aromatic carbocycles. The van der Waals surface area contributed by atoms with E-state index in [-0.39, 0.29) is 0 Å². The Morgan fingerprint density at radius 3 is 2.71 bits per heavy atom. The normalized spacial score (nSPS) is 10.1. The standard InChI is InChI=1S/C9H7ClN4/c10-6-3-7(9(11)14-4-6)8-5-12-1-2-13-8/h1-5H,(H2,11,14). The summed E-state index contributed by atoms with van der Waals surface area (Å²) in [5.74, 6) is 0.398. The maximum Gasteiger partial charge on any atom is 0.132 e. The molecular formula is C9H7ClN4. The Hall–Kier alpha value is -1.68. The summed E-state index contributed by atoms with van der Waals surface area (Å²) in [6, 6.07) is 1.72. The van der Waals surface area contributed by atoms with Crippen molar-refractivity contribution in [3.8, 4) is 11.3 Å². The number of hydrogen-bond donors (Lipinski definition) is 1. The van der Waals surface area contributed by atoms with Crippen molar-refractivity contribution in [2.24, 2.45) is 0 Å². The number of nitrogens with zero attached hydrogens (tertiary/aromatic N) is 3. The van der Waals surface area contributed by atoms with Crippen LogP contribution in [-0.2, 0) is 0 Å². The summed E-state index contributed by atoms with van der Waals surface area (Å²) >= 11 is 5.80. The first-order chi connectivity index (χ1) is 6.77. The highest BCUT2D eigenvalue weighted by Crippen LogP contribution is 2.24. The predicted octanol–water partition coefficient (Wildman–Crippen LogP) is 1.77. The molecule has 70 valence electrons. The van der Waals surface area contributed by atoms with Gasteiger partial charge < -0.3 is 5.73 Å². The number of halogens is 1. The van der Waals surface area contributed by atoms with E-state index in [1.165, 1.54) is 6.20 Å². The van der Waals surface area contributed by atoms with Crippen LogP contribution in [0.25, 0.3) is 11.3 Å². The number of nitrogen functional groups attached to an aromatic ring is 1. The van der Waals surface area contributed by atoms with Crippen LogP contribution in [0.3, 0.4) is 0 Å². The summed E-state index contributed by atoms with van der Waals surface area (Å²) in [6.45, 7) is 0. The van der Waals surface area contributed by atoms with E-state index in [1.54, 1.807) is 24.7 Å². The summed E-state index contributed by atoms with van der Waals surface area (Å²) in [5, 5.41) is 0.528. The van der Waals surface area contributed by atoms with Crippen molar-refractivity contribution >= 4 is 17.4 Å². The van der Waals surface area contributed by atoms with Crippen LogP contribution < -0.4 is 5.73 Å². The fraction of sp³-hybridized carbons (Fsp3) is 0. The molecule has 2 heterocycles. The average molecular weight is 207 g/mol. The van der Waals surface area contributed by atoms with Crippen molar-refractivity contribution in [3.63, 3.8) is 0 Å². The molecule has 0 fully saturated rings. The fourth-order valence-electron chi connectivity index (χ4n) is 1.09. The number of anilines is 1. The molecule has 0 aliphatic rings. The third-order valence-electron chi connectivity index (χ3n) is 1.72. The quantitative estimate of drug-likeness (QED) is 0.773. The lowest BCUT2D eigenvalue weighted by Gasteiger charge is -2.02. The highest BCUT2D eigenvalue weighted by molar-refractivity contribution is 6.30. The van der Waals surface area contributed by atoms with Crippen molar-refractivity contribution < 1.29 is 0 Å². The number of nitrogens with two attached hydrogens (primary N) is 1. The highest BCUT2D eigenvalue weighted by atomic mass is 35.5. The van der Waals surface area contributed by atoms with E-state index in [0.29, 0.717) is 22.1 Å². The van der Waals surface area contributed by atoms with Gasteiger partial charge in [0.25, 0.3) is 0 Å². The second kappa shape index (κ2) is 3.59. The van der Waals surface area contributed by atoms with Crippen LogP contribution in [0, 0.1) is 0 Å². The summed E-state index contributed by atoms with van der Waals surface area (Å²) in [5.41, 5.74) is 7.05. The second-order valence-corrected chi connectivity index (χ2v) is 3.11. The van der Waals surface area contributed by atoms with Gasteiger partial charge in [0.1, 0.15) is 5.82 Å². The molecule has 0 aliphatic carbocycles. The summed E-state index contributed by atoms with van der Waals surface area (Å²) in [4.78, 5) is 12.0. The van der Waals surface area contributed by atoms with Gasteiger partial charge in [0.15, 0.2) is 0 Å². The lowest BCUT2D eigenvalue weighted by atomic mass is 10.2. The Kier molecular flexibility index (Phi) is 2.28. The monoisotopic (exact) mass is 206 g/mol. The van der Waals surface area contributed by atoms with Gasteiger partial charge in [-0.15, -0.1) is 0 Å². The van der Waals surface area contributed by atoms with Crippen LogP contribution in [-0.4, -0.2) is 15.0 Å². The van der Waals surface area contributed by atoms with E-state index in [1.807, 2.05) is 0 Å². The van der Waals surface area contributed by atoms with E-state index in [9.17, 15) is 0 Å². The molecule has 5 heteroatoms. The van der Waals surface area contributed by atoms with Crippen LogP contribution in [0.2, 0.25) is 5.02 Å². The van der Waals surface area contributed by atoms with E-state index in [2.05, 4.69) is 15.0 Å². The van der Waals surface area contributed by atoms with Gasteiger partial charge in [0.2, 0.25) is 0 Å². The van der Waals surface area contributed by atoms with Gasteiger partial charge in [-0.3, -0.25) is 9.97 Å². The molecule has 0 saturated heterocycles. The van der Waals surface area contributed by atoms with Crippen molar-refractivity contribution in [1.82, 2.24) is 15.0 Å². The van der Waals surface area contributed by atoms with Gasteiger partial charge in [0, 0.05) is 24.2 Å². The van der Waals surface area contributed by atoms with Gasteiger partial charge >= 0.3 is 0 Å². The van der Waals surface area contributed by atoms with Crippen LogP contribution in [0.4, 0.5) is 5.82 Å². The minimum atomic E-state index is 0.398. The minimum absolute atomic E-state index is 0.398. The lowest BCUT2D eigenvalue weighted by molar-refractivity contribution is 1.20. The third-order valence-corrected chi connectivity index (χ3v) is 1.93. The Bertz CT molecular complexity index is 444. The Balaban J connectivity index is 2.57. The molecule has 0 amide bonds. The number of pyridine rings is 1. The maximum atomic E-state index is 5.80. The first kappa shape index (κ1) is 8.90. The smallest absolute Gasteiger partial charge is 0.132 e. The van der Waals surface area contributed by atoms with E-state index in [0.717, 1.165) is 0 Å². The number of hydrogen-bond acceptors (Lipinski definition) is 4. The summed E-state index contributed by atoms with van der Waals surface area (Å²) in [7, 11) is 0. The first-order valence-corrected chi connectivity index (χ1v) is 4.32. The zero-order chi connectivity index (χ0) is 9.97. The van der Waals surface area contributed by atoms with Crippen LogP contribution >= 0.6 is 11.6 Å². The molecule has 2 rings (SSSR count). The topological polar surface area (TPSA) is 64.7 Å². The van der Waals surface area contributed by atoms with Crippen LogP contribution in [0.5, 0.6) is 0 Å². The van der Waals surface area contributed by atoms with Crippen LogP contribution in [0.1, 0.15) is 0 Å². The van der Waals surface area contributed by atoms with Crippen molar-refractivity contribution in [3.05, 3.63) is 35.9 Å². The first-order valence-electron chi connectivity index (χ1n) is 3.95. The number of aromatic nitrogens is 3. The van der Waals surface area contributed by atoms with Crippen molar-refractivity contribution in [2.75, 3.05) is 5.73 Å². The Morgan fingerprint density at radius 1 is 1.14 bits per heavy atom. The molecule has 0 unspecified atom stereocenters. The highest BCUT2D eigenvalue weighted by Gasteiger charge is 2.05. The molecule has 0 saturated carbocycles. The summed E-state index contributed by atoms with van der Waals surface area (Å²) < 4.78 is 0. The zero-order valence-corrected chi connectivity index (χ0v) is 7.94. The molecule has 2 aromatic rings. The summed E-state index contributed by atoms with van der Waals surface area (Å²) in [6.07, 6.45) is 6.30. The molecular weight excluding hydrogens is 200 g/mol. The van der Waals surface area contributed by atoms with Gasteiger partial charge in [-0.2, -0.15) is 0 Å². The largest absolute Gasteiger partial charge is 0.383 e. The molecule has 4 nitrogen and oxygen atoms in total. The molecule has 0 bridgehead atoms. The van der Waals surface area contributed by atoms with E-state index < -0.39 is 0 Å². The average Bonchev–Trinajstić information content (AvgIpc) is 2.23. The third kappa shape index (κ3) is 1.65. The minimum Gasteiger partial charge on any atom is -0.383 e. The second-order valence-electron chi connectivity index (χ2n) is 2.68. The molecule has 2 N–H and O–H groups in total. The molecule has 2 aromatic heterocycles. The zero-order valence-electron chi connectivity index (χ0n) is 7.18. The van der Waals surface area contributed by atoms with Gasteiger partial charge in [-0.25, -0.2) is 4.98 Å². The Morgan fingerprint density at radius 2 is 2.00 bits per heavy atom. The maximum absolute atomic E-state index is 5.80. The molecule has 0 atom stereocenters. The van der Waals surface area contributed by atoms with Crippen LogP contribution in [0.15, 0.2) is 30.9 Å². The van der Waals surface area contributed by atoms with Gasteiger partial charge in [0.05, 0.1) is 16.9 Å². The van der Waals surface area contributed by atoms with Gasteiger partial charge in [-0.1, -0.05) is 11.6 Å². The fourth-order valence-corrected chi connectivity index (χ4v) is 1.25. The Labute approximate surface area is 85.8 Å². The van der Waals surface area contributed by atoms with Crippen molar-refractivity contribution in [1.29, 1.82) is 0 Å². The van der Waals surface area contributed by atoms with E-state index in [4.69, 9.17) is 17.3 Å². The number of rotatable bonds is 1. The molecule has 0 aliphatic heterocycles. The predicted molar refractivity (Wildman–Crippen MR) is 54.7 cm³/mol. The lowest BCUT2D eigenvalue weighted by Crippen LogP contribution is -1.95. The van der Waals surface area contributed by atoms with Gasteiger partial charge in [-0.05, 0) is 6.07 Å². The molecule has 14 heavy (non-hydrogen) atoms. The SMILES string of the molecule is Nc1ncc(Cl)cc1-c1cnccn1.